The molecule has 0 bridgehead atoms. The Labute approximate surface area is 144 Å². The van der Waals surface area contributed by atoms with Gasteiger partial charge in [0.2, 0.25) is 0 Å². The first-order chi connectivity index (χ1) is 11.2. The van der Waals surface area contributed by atoms with Gasteiger partial charge in [-0.2, -0.15) is 11.8 Å². The van der Waals surface area contributed by atoms with E-state index in [0.29, 0.717) is 12.6 Å². The second kappa shape index (κ2) is 9.71. The molecule has 3 atom stereocenters. The number of nitrogens with zero attached hydrogens (tertiary/aromatic N) is 1. The summed E-state index contributed by atoms with van der Waals surface area (Å²) in [4.78, 5) is 4.69. The number of nitrogens with one attached hydrogen (secondary N) is 2. The zero-order valence-electron chi connectivity index (χ0n) is 14.4. The van der Waals surface area contributed by atoms with Crippen molar-refractivity contribution in [3.8, 4) is 5.75 Å². The molecule has 0 spiro atoms. The van der Waals surface area contributed by atoms with Crippen molar-refractivity contribution in [1.29, 1.82) is 0 Å². The maximum atomic E-state index is 5.88. The van der Waals surface area contributed by atoms with E-state index >= 15 is 0 Å². The van der Waals surface area contributed by atoms with Gasteiger partial charge in [0.25, 0.3) is 0 Å². The third-order valence-electron chi connectivity index (χ3n) is 3.99. The van der Waals surface area contributed by atoms with Crippen LogP contribution in [0.1, 0.15) is 33.1 Å². The van der Waals surface area contributed by atoms with Crippen molar-refractivity contribution in [3.05, 3.63) is 30.3 Å². The molecule has 1 aliphatic rings. The molecule has 23 heavy (non-hydrogen) atoms. The van der Waals surface area contributed by atoms with Crippen LogP contribution in [0.4, 0.5) is 0 Å². The Balaban J connectivity index is 1.83. The fraction of sp³-hybridized carbons (Fsp3) is 0.611. The minimum atomic E-state index is 0.0513. The van der Waals surface area contributed by atoms with E-state index in [1.807, 2.05) is 42.1 Å². The minimum Gasteiger partial charge on any atom is -0.489 e. The molecule has 0 radical (unpaired) electrons. The highest BCUT2D eigenvalue weighted by molar-refractivity contribution is 7.99. The molecule has 1 aliphatic carbocycles. The smallest absolute Gasteiger partial charge is 0.191 e. The van der Waals surface area contributed by atoms with Crippen LogP contribution in [0.25, 0.3) is 0 Å². The predicted octanol–water partition coefficient (Wildman–Crippen LogP) is 3.29. The highest BCUT2D eigenvalue weighted by atomic mass is 32.2. The van der Waals surface area contributed by atoms with Gasteiger partial charge >= 0.3 is 0 Å². The molecule has 0 amide bonds. The fourth-order valence-electron chi connectivity index (χ4n) is 2.79. The van der Waals surface area contributed by atoms with E-state index in [1.165, 1.54) is 19.3 Å². The average Bonchev–Trinajstić information content (AvgIpc) is 3.01. The van der Waals surface area contributed by atoms with Crippen molar-refractivity contribution in [1.82, 2.24) is 10.6 Å². The molecule has 4 nitrogen and oxygen atoms in total. The van der Waals surface area contributed by atoms with Crippen molar-refractivity contribution in [2.24, 2.45) is 4.99 Å². The van der Waals surface area contributed by atoms with Gasteiger partial charge in [-0.05, 0) is 51.5 Å². The fourth-order valence-corrected chi connectivity index (χ4v) is 3.58. The van der Waals surface area contributed by atoms with E-state index in [-0.39, 0.29) is 6.10 Å². The largest absolute Gasteiger partial charge is 0.489 e. The monoisotopic (exact) mass is 335 g/mol. The number of aliphatic imine (C=N–C) groups is 1. The molecule has 2 N–H and O–H groups in total. The quantitative estimate of drug-likeness (QED) is 0.593. The molecule has 1 aromatic rings. The Morgan fingerprint density at radius 2 is 2.13 bits per heavy atom. The molecule has 1 fully saturated rings. The molecule has 2 rings (SSSR count). The molecule has 1 saturated carbocycles. The summed E-state index contributed by atoms with van der Waals surface area (Å²) in [6.07, 6.45) is 6.00. The Bertz CT molecular complexity index is 480. The molecule has 0 aliphatic heterocycles. The van der Waals surface area contributed by atoms with Crippen molar-refractivity contribution < 1.29 is 4.74 Å². The van der Waals surface area contributed by atoms with Crippen LogP contribution in [-0.4, -0.2) is 42.7 Å². The average molecular weight is 336 g/mol. The zero-order chi connectivity index (χ0) is 16.5. The molecular formula is C18H29N3OS. The van der Waals surface area contributed by atoms with E-state index in [1.54, 1.807) is 0 Å². The molecule has 3 unspecified atom stereocenters. The second-order valence-corrected chi connectivity index (χ2v) is 7.11. The van der Waals surface area contributed by atoms with Gasteiger partial charge in [-0.15, -0.1) is 0 Å². The Morgan fingerprint density at radius 1 is 1.35 bits per heavy atom. The number of hydrogen-bond donors (Lipinski definition) is 2. The molecule has 1 aromatic carbocycles. The van der Waals surface area contributed by atoms with Crippen LogP contribution in [-0.2, 0) is 0 Å². The molecule has 0 saturated heterocycles. The summed E-state index contributed by atoms with van der Waals surface area (Å²) < 4.78 is 5.88. The van der Waals surface area contributed by atoms with Gasteiger partial charge < -0.3 is 15.4 Å². The van der Waals surface area contributed by atoms with E-state index < -0.39 is 0 Å². The van der Waals surface area contributed by atoms with Gasteiger partial charge in [-0.25, -0.2) is 4.99 Å². The van der Waals surface area contributed by atoms with E-state index in [4.69, 9.17) is 4.74 Å². The number of guanidine groups is 1. The summed E-state index contributed by atoms with van der Waals surface area (Å²) >= 11 is 1.98. The first kappa shape index (κ1) is 18.0. The number of thioether (sulfide) groups is 1. The van der Waals surface area contributed by atoms with Crippen LogP contribution in [0.5, 0.6) is 5.75 Å². The maximum Gasteiger partial charge on any atom is 0.191 e. The number of benzene rings is 1. The first-order valence-corrected chi connectivity index (χ1v) is 9.79. The third kappa shape index (κ3) is 6.34. The van der Waals surface area contributed by atoms with Gasteiger partial charge in [0, 0.05) is 17.8 Å². The first-order valence-electron chi connectivity index (χ1n) is 8.50. The number of ether oxygens (including phenoxy) is 1. The third-order valence-corrected chi connectivity index (χ3v) is 5.08. The maximum absolute atomic E-state index is 5.88. The van der Waals surface area contributed by atoms with Crippen molar-refractivity contribution in [2.45, 2.75) is 50.5 Å². The van der Waals surface area contributed by atoms with E-state index in [9.17, 15) is 0 Å². The number of para-hydroxylation sites is 1. The lowest BCUT2D eigenvalue weighted by Crippen LogP contribution is -2.43. The van der Waals surface area contributed by atoms with Crippen LogP contribution < -0.4 is 15.4 Å². The summed E-state index contributed by atoms with van der Waals surface area (Å²) in [6, 6.07) is 10.5. The van der Waals surface area contributed by atoms with Crippen LogP contribution in [0.2, 0.25) is 0 Å². The Hall–Kier alpha value is -1.36. The van der Waals surface area contributed by atoms with E-state index in [2.05, 4.69) is 35.7 Å². The Morgan fingerprint density at radius 3 is 2.78 bits per heavy atom. The summed E-state index contributed by atoms with van der Waals surface area (Å²) in [5, 5.41) is 7.70. The van der Waals surface area contributed by atoms with Crippen LogP contribution >= 0.6 is 11.8 Å². The second-order valence-electron chi connectivity index (χ2n) is 5.97. The van der Waals surface area contributed by atoms with Gasteiger partial charge in [-0.3, -0.25) is 0 Å². The standard InChI is InChI=1S/C18H29N3OS/c1-4-19-18(21-15-10-11-17(12-15)23-3)20-13-14(2)22-16-8-6-5-7-9-16/h5-9,14-15,17H,4,10-13H2,1-3H3,(H2,19,20,21). The lowest BCUT2D eigenvalue weighted by Gasteiger charge is -2.18. The molecular weight excluding hydrogens is 306 g/mol. The normalized spacial score (nSPS) is 22.7. The van der Waals surface area contributed by atoms with Crippen LogP contribution in [0.15, 0.2) is 35.3 Å². The minimum absolute atomic E-state index is 0.0513. The van der Waals surface area contributed by atoms with Crippen molar-refractivity contribution in [2.75, 3.05) is 19.3 Å². The van der Waals surface area contributed by atoms with Crippen LogP contribution in [0.3, 0.4) is 0 Å². The lowest BCUT2D eigenvalue weighted by molar-refractivity contribution is 0.230. The topological polar surface area (TPSA) is 45.7 Å². The van der Waals surface area contributed by atoms with Crippen molar-refractivity contribution in [3.63, 3.8) is 0 Å². The Kier molecular flexibility index (Phi) is 7.59. The lowest BCUT2D eigenvalue weighted by atomic mass is 10.2. The molecule has 5 heteroatoms. The highest BCUT2D eigenvalue weighted by Crippen LogP contribution is 2.28. The summed E-state index contributed by atoms with van der Waals surface area (Å²) in [5.41, 5.74) is 0. The summed E-state index contributed by atoms with van der Waals surface area (Å²) in [7, 11) is 0. The van der Waals surface area contributed by atoms with Gasteiger partial charge in [0.05, 0.1) is 6.54 Å². The number of rotatable bonds is 7. The van der Waals surface area contributed by atoms with Crippen LogP contribution in [0, 0.1) is 0 Å². The van der Waals surface area contributed by atoms with E-state index in [0.717, 1.165) is 23.5 Å². The highest BCUT2D eigenvalue weighted by Gasteiger charge is 2.24. The molecule has 0 heterocycles. The van der Waals surface area contributed by atoms with Gasteiger partial charge in [-0.1, -0.05) is 18.2 Å². The zero-order valence-corrected chi connectivity index (χ0v) is 15.2. The molecule has 128 valence electrons. The summed E-state index contributed by atoms with van der Waals surface area (Å²) in [6.45, 7) is 5.67. The summed E-state index contributed by atoms with van der Waals surface area (Å²) in [5.74, 6) is 1.80. The van der Waals surface area contributed by atoms with Crippen molar-refractivity contribution >= 4 is 17.7 Å². The van der Waals surface area contributed by atoms with Gasteiger partial charge in [0.15, 0.2) is 5.96 Å². The number of hydrogen-bond acceptors (Lipinski definition) is 3. The SMILES string of the molecule is CCNC(=NCC(C)Oc1ccccc1)NC1CCC(SC)C1. The van der Waals surface area contributed by atoms with Gasteiger partial charge in [0.1, 0.15) is 11.9 Å². The molecule has 0 aromatic heterocycles. The predicted molar refractivity (Wildman–Crippen MR) is 101 cm³/mol.